The molecular formula is C20H30N4O7. The van der Waals surface area contributed by atoms with Gasteiger partial charge in [0, 0.05) is 6.42 Å². The fourth-order valence-corrected chi connectivity index (χ4v) is 2.67. The normalized spacial score (nSPS) is 13.7. The number of hydrogen-bond acceptors (Lipinski definition) is 7. The number of aliphatic hydroxyl groups excluding tert-OH is 1. The minimum atomic E-state index is -1.23. The number of hydrogen-bond donors (Lipinski definition) is 7. The Labute approximate surface area is 180 Å². The van der Waals surface area contributed by atoms with Gasteiger partial charge in [-0.15, -0.1) is 0 Å². The topological polar surface area (TPSA) is 191 Å². The smallest absolute Gasteiger partial charge is 0.326 e. The molecule has 11 heteroatoms. The lowest BCUT2D eigenvalue weighted by Crippen LogP contribution is -2.54. The number of carbonyl (C=O) groups is 4. The van der Waals surface area contributed by atoms with E-state index in [1.165, 1.54) is 12.1 Å². The van der Waals surface area contributed by atoms with Crippen molar-refractivity contribution in [2.24, 2.45) is 11.7 Å². The average molecular weight is 438 g/mol. The van der Waals surface area contributed by atoms with Crippen molar-refractivity contribution in [3.8, 4) is 5.75 Å². The maximum Gasteiger partial charge on any atom is 0.326 e. The lowest BCUT2D eigenvalue weighted by atomic mass is 10.0. The molecule has 31 heavy (non-hydrogen) atoms. The molecule has 1 aromatic carbocycles. The van der Waals surface area contributed by atoms with E-state index in [2.05, 4.69) is 16.0 Å². The number of carbonyl (C=O) groups excluding carboxylic acids is 3. The van der Waals surface area contributed by atoms with Gasteiger partial charge in [0.15, 0.2) is 0 Å². The number of carboxylic acids is 1. The second-order valence-electron chi connectivity index (χ2n) is 7.53. The number of aromatic hydroxyl groups is 1. The van der Waals surface area contributed by atoms with E-state index >= 15 is 0 Å². The molecule has 0 aromatic heterocycles. The molecule has 3 amide bonds. The van der Waals surface area contributed by atoms with Gasteiger partial charge in [-0.3, -0.25) is 14.4 Å². The van der Waals surface area contributed by atoms with E-state index in [0.717, 1.165) is 0 Å². The first kappa shape index (κ1) is 25.9. The van der Waals surface area contributed by atoms with E-state index < -0.39 is 55.0 Å². The Kier molecular flexibility index (Phi) is 10.4. The molecule has 0 aliphatic rings. The summed E-state index contributed by atoms with van der Waals surface area (Å²) in [5.41, 5.74) is 6.09. The third kappa shape index (κ3) is 9.45. The molecule has 11 nitrogen and oxygen atoms in total. The van der Waals surface area contributed by atoms with Crippen molar-refractivity contribution in [3.63, 3.8) is 0 Å². The Balaban J connectivity index is 2.79. The van der Waals surface area contributed by atoms with Crippen molar-refractivity contribution < 1.29 is 34.5 Å². The summed E-state index contributed by atoms with van der Waals surface area (Å²) in [4.78, 5) is 48.0. The molecule has 0 radical (unpaired) electrons. The highest BCUT2D eigenvalue weighted by Gasteiger charge is 2.25. The highest BCUT2D eigenvalue weighted by Crippen LogP contribution is 2.11. The van der Waals surface area contributed by atoms with Crippen LogP contribution in [0.3, 0.4) is 0 Å². The largest absolute Gasteiger partial charge is 0.508 e. The number of phenolic OH excluding ortho intramolecular Hbond substituents is 1. The molecule has 0 bridgehead atoms. The van der Waals surface area contributed by atoms with E-state index in [4.69, 9.17) is 10.8 Å². The van der Waals surface area contributed by atoms with Crippen LogP contribution in [0.5, 0.6) is 5.75 Å². The average Bonchev–Trinajstić information content (AvgIpc) is 2.71. The first-order chi connectivity index (χ1) is 14.5. The number of carboxylic acid groups (broad SMARTS) is 1. The van der Waals surface area contributed by atoms with Gasteiger partial charge in [0.05, 0.1) is 13.2 Å². The van der Waals surface area contributed by atoms with Gasteiger partial charge in [-0.2, -0.15) is 0 Å². The van der Waals surface area contributed by atoms with Crippen LogP contribution in [-0.2, 0) is 25.6 Å². The highest BCUT2D eigenvalue weighted by atomic mass is 16.4. The van der Waals surface area contributed by atoms with Gasteiger partial charge in [-0.25, -0.2) is 4.79 Å². The first-order valence-electron chi connectivity index (χ1n) is 9.78. The Morgan fingerprint density at radius 1 is 1.00 bits per heavy atom. The highest BCUT2D eigenvalue weighted by molar-refractivity contribution is 5.92. The van der Waals surface area contributed by atoms with Crippen LogP contribution in [0.2, 0.25) is 0 Å². The summed E-state index contributed by atoms with van der Waals surface area (Å²) in [6.45, 7) is 2.53. The second kappa shape index (κ2) is 12.5. The molecule has 0 saturated heterocycles. The van der Waals surface area contributed by atoms with Gasteiger partial charge in [0.25, 0.3) is 0 Å². The number of benzene rings is 1. The van der Waals surface area contributed by atoms with E-state index in [1.807, 2.05) is 13.8 Å². The third-order valence-electron chi connectivity index (χ3n) is 4.31. The Bertz CT molecular complexity index is 767. The second-order valence-corrected chi connectivity index (χ2v) is 7.53. The van der Waals surface area contributed by atoms with Crippen LogP contribution in [0.4, 0.5) is 0 Å². The molecule has 3 atom stereocenters. The van der Waals surface area contributed by atoms with E-state index in [-0.39, 0.29) is 24.5 Å². The minimum Gasteiger partial charge on any atom is -0.508 e. The lowest BCUT2D eigenvalue weighted by Gasteiger charge is -2.21. The summed E-state index contributed by atoms with van der Waals surface area (Å²) in [5, 5.41) is 34.7. The Hall–Kier alpha value is -3.18. The number of nitrogens with one attached hydrogen (secondary N) is 3. The van der Waals surface area contributed by atoms with Gasteiger partial charge in [0.1, 0.15) is 23.9 Å². The summed E-state index contributed by atoms with van der Waals surface area (Å²) in [7, 11) is 0. The van der Waals surface area contributed by atoms with Gasteiger partial charge < -0.3 is 37.0 Å². The van der Waals surface area contributed by atoms with Crippen LogP contribution in [0, 0.1) is 5.92 Å². The number of aliphatic carboxylic acids is 1. The quantitative estimate of drug-likeness (QED) is 0.204. The predicted molar refractivity (Wildman–Crippen MR) is 111 cm³/mol. The predicted octanol–water partition coefficient (Wildman–Crippen LogP) is -1.53. The maximum absolute atomic E-state index is 12.6. The monoisotopic (exact) mass is 438 g/mol. The molecule has 1 rings (SSSR count). The molecule has 0 fully saturated rings. The molecule has 0 spiro atoms. The SMILES string of the molecule is CC(C)CC(NC(=O)CNC(=O)C(Cc1ccc(O)cc1)NC(=O)C(N)CO)C(=O)O. The maximum atomic E-state index is 12.6. The van der Waals surface area contributed by atoms with Crippen LogP contribution in [-0.4, -0.2) is 70.3 Å². The molecule has 1 aromatic rings. The van der Waals surface area contributed by atoms with Gasteiger partial charge in [0.2, 0.25) is 17.7 Å². The summed E-state index contributed by atoms with van der Waals surface area (Å²) < 4.78 is 0. The molecule has 8 N–H and O–H groups in total. The molecule has 0 saturated carbocycles. The number of nitrogens with two attached hydrogens (primary N) is 1. The van der Waals surface area contributed by atoms with Crippen LogP contribution >= 0.6 is 0 Å². The van der Waals surface area contributed by atoms with Crippen LogP contribution in [0.15, 0.2) is 24.3 Å². The summed E-state index contributed by atoms with van der Waals surface area (Å²) in [6, 6.07) is 2.52. The number of amides is 3. The van der Waals surface area contributed by atoms with Crippen LogP contribution in [0.1, 0.15) is 25.8 Å². The fourth-order valence-electron chi connectivity index (χ4n) is 2.67. The molecule has 3 unspecified atom stereocenters. The first-order valence-corrected chi connectivity index (χ1v) is 9.78. The van der Waals surface area contributed by atoms with E-state index in [1.54, 1.807) is 12.1 Å². The Morgan fingerprint density at radius 2 is 1.61 bits per heavy atom. The zero-order valence-electron chi connectivity index (χ0n) is 17.5. The molecular weight excluding hydrogens is 408 g/mol. The van der Waals surface area contributed by atoms with E-state index in [0.29, 0.717) is 5.56 Å². The van der Waals surface area contributed by atoms with Crippen molar-refractivity contribution in [1.29, 1.82) is 0 Å². The van der Waals surface area contributed by atoms with Gasteiger partial charge in [-0.1, -0.05) is 26.0 Å². The number of rotatable bonds is 12. The fraction of sp³-hybridized carbons (Fsp3) is 0.500. The van der Waals surface area contributed by atoms with E-state index in [9.17, 15) is 29.4 Å². The summed E-state index contributed by atoms with van der Waals surface area (Å²) >= 11 is 0. The van der Waals surface area contributed by atoms with Crippen molar-refractivity contribution >= 4 is 23.7 Å². The minimum absolute atomic E-state index is 0.0298. The summed E-state index contributed by atoms with van der Waals surface area (Å²) in [5.74, 6) is -3.25. The molecule has 0 heterocycles. The number of phenols is 1. The van der Waals surface area contributed by atoms with Gasteiger partial charge in [-0.05, 0) is 30.0 Å². The standard InChI is InChI=1S/C20H30N4O7/c1-11(2)7-16(20(30)31)23-17(27)9-22-19(29)15(24-18(28)14(21)10-25)8-12-3-5-13(26)6-4-12/h3-6,11,14-16,25-26H,7-10,21H2,1-2H3,(H,22,29)(H,23,27)(H,24,28)(H,30,31). The zero-order valence-corrected chi connectivity index (χ0v) is 17.5. The van der Waals surface area contributed by atoms with Crippen molar-refractivity contribution in [3.05, 3.63) is 29.8 Å². The van der Waals surface area contributed by atoms with Crippen molar-refractivity contribution in [2.75, 3.05) is 13.2 Å². The molecule has 172 valence electrons. The van der Waals surface area contributed by atoms with Crippen LogP contribution < -0.4 is 21.7 Å². The Morgan fingerprint density at radius 3 is 2.13 bits per heavy atom. The molecule has 0 aliphatic heterocycles. The van der Waals surface area contributed by atoms with Gasteiger partial charge >= 0.3 is 5.97 Å². The summed E-state index contributed by atoms with van der Waals surface area (Å²) in [6.07, 6.45) is 0.260. The van der Waals surface area contributed by atoms with Crippen LogP contribution in [0.25, 0.3) is 0 Å². The lowest BCUT2D eigenvalue weighted by molar-refractivity contribution is -0.142. The molecule has 0 aliphatic carbocycles. The van der Waals surface area contributed by atoms with Crippen molar-refractivity contribution in [2.45, 2.75) is 44.8 Å². The van der Waals surface area contributed by atoms with Crippen molar-refractivity contribution in [1.82, 2.24) is 16.0 Å². The zero-order chi connectivity index (χ0) is 23.6. The third-order valence-corrected chi connectivity index (χ3v) is 4.31. The number of aliphatic hydroxyl groups is 1.